The largest absolute Gasteiger partial charge is 0.342 e. The third-order valence-corrected chi connectivity index (χ3v) is 3.99. The molecule has 0 unspecified atom stereocenters. The lowest BCUT2D eigenvalue weighted by Gasteiger charge is -2.19. The summed E-state index contributed by atoms with van der Waals surface area (Å²) in [6, 6.07) is 7.06. The van der Waals surface area contributed by atoms with Gasteiger partial charge in [0.15, 0.2) is 0 Å². The fourth-order valence-corrected chi connectivity index (χ4v) is 2.82. The van der Waals surface area contributed by atoms with Crippen LogP contribution in [0.3, 0.4) is 0 Å². The summed E-state index contributed by atoms with van der Waals surface area (Å²) in [5.41, 5.74) is 3.56. The molecule has 1 aliphatic rings. The van der Waals surface area contributed by atoms with Gasteiger partial charge in [-0.2, -0.15) is 0 Å². The second-order valence-electron chi connectivity index (χ2n) is 5.72. The van der Waals surface area contributed by atoms with E-state index in [1.807, 2.05) is 0 Å². The Labute approximate surface area is 108 Å². The summed E-state index contributed by atoms with van der Waals surface area (Å²) in [5, 5.41) is 0. The lowest BCUT2D eigenvalue weighted by atomic mass is 10.1. The maximum atomic E-state index is 4.75. The molecule has 1 aromatic heterocycles. The van der Waals surface area contributed by atoms with Crippen LogP contribution in [0.15, 0.2) is 18.2 Å². The highest BCUT2D eigenvalue weighted by atomic mass is 15.2. The number of rotatable bonds is 2. The van der Waals surface area contributed by atoms with Crippen molar-refractivity contribution >= 4 is 11.0 Å². The van der Waals surface area contributed by atoms with Gasteiger partial charge < -0.3 is 9.88 Å². The van der Waals surface area contributed by atoms with Gasteiger partial charge in [0, 0.05) is 18.5 Å². The monoisotopic (exact) mass is 243 g/mol. The summed E-state index contributed by atoms with van der Waals surface area (Å²) >= 11 is 0. The fourth-order valence-electron chi connectivity index (χ4n) is 2.82. The van der Waals surface area contributed by atoms with Crippen molar-refractivity contribution in [2.45, 2.75) is 39.2 Å². The van der Waals surface area contributed by atoms with Crippen LogP contribution in [0.4, 0.5) is 0 Å². The Morgan fingerprint density at radius 2 is 2.22 bits per heavy atom. The van der Waals surface area contributed by atoms with E-state index in [9.17, 15) is 0 Å². The zero-order valence-corrected chi connectivity index (χ0v) is 11.4. The Kier molecular flexibility index (Phi) is 2.86. The van der Waals surface area contributed by atoms with E-state index in [-0.39, 0.29) is 0 Å². The number of imidazole rings is 1. The van der Waals surface area contributed by atoms with Gasteiger partial charge in [-0.25, -0.2) is 4.98 Å². The zero-order valence-electron chi connectivity index (χ0n) is 11.4. The second-order valence-corrected chi connectivity index (χ2v) is 5.72. The van der Waals surface area contributed by atoms with Crippen LogP contribution in [0.2, 0.25) is 0 Å². The van der Waals surface area contributed by atoms with Crippen LogP contribution in [-0.2, 0) is 0 Å². The van der Waals surface area contributed by atoms with Gasteiger partial charge in [-0.1, -0.05) is 6.07 Å². The molecule has 0 spiro atoms. The molecule has 1 saturated heterocycles. The van der Waals surface area contributed by atoms with Crippen molar-refractivity contribution in [1.82, 2.24) is 14.9 Å². The minimum absolute atomic E-state index is 0.570. The number of benzene rings is 1. The average Bonchev–Trinajstić information content (AvgIpc) is 2.93. The highest BCUT2D eigenvalue weighted by Crippen LogP contribution is 2.28. The molecule has 0 amide bonds. The molecular formula is C15H21N3. The van der Waals surface area contributed by atoms with E-state index in [0.717, 1.165) is 12.1 Å². The predicted octanol–water partition coefficient (Wildman–Crippen LogP) is 3.07. The van der Waals surface area contributed by atoms with Crippen molar-refractivity contribution in [3.8, 4) is 0 Å². The topological polar surface area (TPSA) is 31.9 Å². The maximum absolute atomic E-state index is 4.75. The Hall–Kier alpha value is -1.35. The van der Waals surface area contributed by atoms with Gasteiger partial charge in [0.2, 0.25) is 0 Å². The van der Waals surface area contributed by atoms with Gasteiger partial charge in [-0.3, -0.25) is 0 Å². The average molecular weight is 243 g/mol. The Morgan fingerprint density at radius 1 is 1.39 bits per heavy atom. The van der Waals surface area contributed by atoms with Crippen LogP contribution in [0, 0.1) is 6.92 Å². The lowest BCUT2D eigenvalue weighted by molar-refractivity contribution is 0.272. The fraction of sp³-hybridized carbons (Fsp3) is 0.533. The molecule has 1 aliphatic heterocycles. The Bertz CT molecular complexity index is 556. The quantitative estimate of drug-likeness (QED) is 0.879. The van der Waals surface area contributed by atoms with Gasteiger partial charge in [-0.15, -0.1) is 0 Å². The molecule has 3 rings (SSSR count). The summed E-state index contributed by atoms with van der Waals surface area (Å²) in [4.78, 5) is 10.8. The molecule has 2 aromatic rings. The predicted molar refractivity (Wildman–Crippen MR) is 74.9 cm³/mol. The summed E-state index contributed by atoms with van der Waals surface area (Å²) < 4.78 is 0. The van der Waals surface area contributed by atoms with Crippen molar-refractivity contribution in [1.29, 1.82) is 0 Å². The van der Waals surface area contributed by atoms with Gasteiger partial charge in [0.25, 0.3) is 0 Å². The number of aryl methyl sites for hydroxylation is 1. The van der Waals surface area contributed by atoms with E-state index >= 15 is 0 Å². The van der Waals surface area contributed by atoms with Crippen LogP contribution in [0.25, 0.3) is 11.0 Å². The third kappa shape index (κ3) is 2.03. The number of hydrogen-bond donors (Lipinski definition) is 1. The Morgan fingerprint density at radius 3 is 2.94 bits per heavy atom. The smallest absolute Gasteiger partial charge is 0.111 e. The molecule has 18 heavy (non-hydrogen) atoms. The molecule has 2 heterocycles. The molecule has 0 aliphatic carbocycles. The van der Waals surface area contributed by atoms with E-state index in [2.05, 4.69) is 48.9 Å². The van der Waals surface area contributed by atoms with Crippen molar-refractivity contribution in [2.24, 2.45) is 0 Å². The SMILES string of the molecule is Cc1ccc2nc([C@H]3CCN(C(C)C)C3)[nH]c2c1. The van der Waals surface area contributed by atoms with Gasteiger partial charge in [-0.05, 0) is 51.4 Å². The maximum Gasteiger partial charge on any atom is 0.111 e. The van der Waals surface area contributed by atoms with Crippen molar-refractivity contribution in [3.63, 3.8) is 0 Å². The molecule has 1 atom stereocenters. The van der Waals surface area contributed by atoms with Crippen molar-refractivity contribution < 1.29 is 0 Å². The van der Waals surface area contributed by atoms with Crippen LogP contribution in [-0.4, -0.2) is 34.0 Å². The molecule has 3 heteroatoms. The number of likely N-dealkylation sites (tertiary alicyclic amines) is 1. The lowest BCUT2D eigenvalue weighted by Crippen LogP contribution is -2.28. The Balaban J connectivity index is 1.87. The minimum atomic E-state index is 0.570. The first-order valence-electron chi connectivity index (χ1n) is 6.84. The van der Waals surface area contributed by atoms with Crippen LogP contribution in [0.1, 0.15) is 37.6 Å². The van der Waals surface area contributed by atoms with Crippen molar-refractivity contribution in [3.05, 3.63) is 29.6 Å². The zero-order chi connectivity index (χ0) is 12.7. The first-order chi connectivity index (χ1) is 8.63. The van der Waals surface area contributed by atoms with Gasteiger partial charge >= 0.3 is 0 Å². The number of aromatic nitrogens is 2. The highest BCUT2D eigenvalue weighted by Gasteiger charge is 2.27. The second kappa shape index (κ2) is 4.39. The first kappa shape index (κ1) is 11.7. The number of aromatic amines is 1. The number of H-pyrrole nitrogens is 1. The first-order valence-corrected chi connectivity index (χ1v) is 6.84. The van der Waals surface area contributed by atoms with Crippen LogP contribution in [0.5, 0.6) is 0 Å². The van der Waals surface area contributed by atoms with E-state index in [0.29, 0.717) is 12.0 Å². The molecule has 1 fully saturated rings. The van der Waals surface area contributed by atoms with Crippen LogP contribution < -0.4 is 0 Å². The molecule has 0 radical (unpaired) electrons. The molecule has 0 saturated carbocycles. The number of nitrogens with one attached hydrogen (secondary N) is 1. The molecular weight excluding hydrogens is 222 g/mol. The number of hydrogen-bond acceptors (Lipinski definition) is 2. The van der Waals surface area contributed by atoms with Gasteiger partial charge in [0.05, 0.1) is 11.0 Å². The van der Waals surface area contributed by atoms with E-state index in [1.54, 1.807) is 0 Å². The molecule has 1 N–H and O–H groups in total. The summed E-state index contributed by atoms with van der Waals surface area (Å²) in [7, 11) is 0. The van der Waals surface area contributed by atoms with E-state index < -0.39 is 0 Å². The number of nitrogens with zero attached hydrogens (tertiary/aromatic N) is 2. The standard InChI is InChI=1S/C15H21N3/c1-10(2)18-7-6-12(9-18)15-16-13-5-4-11(3)8-14(13)17-15/h4-5,8,10,12H,6-7,9H2,1-3H3,(H,16,17)/t12-/m0/s1. The number of fused-ring (bicyclic) bond motifs is 1. The van der Waals surface area contributed by atoms with E-state index in [4.69, 9.17) is 4.98 Å². The molecule has 96 valence electrons. The van der Waals surface area contributed by atoms with Crippen LogP contribution >= 0.6 is 0 Å². The van der Waals surface area contributed by atoms with E-state index in [1.165, 1.54) is 29.9 Å². The normalized spacial score (nSPS) is 21.2. The van der Waals surface area contributed by atoms with Crippen molar-refractivity contribution in [2.75, 3.05) is 13.1 Å². The summed E-state index contributed by atoms with van der Waals surface area (Å²) in [6.07, 6.45) is 1.22. The third-order valence-electron chi connectivity index (χ3n) is 3.99. The minimum Gasteiger partial charge on any atom is -0.342 e. The highest BCUT2D eigenvalue weighted by molar-refractivity contribution is 5.75. The molecule has 1 aromatic carbocycles. The molecule has 0 bridgehead atoms. The molecule has 3 nitrogen and oxygen atoms in total. The summed E-state index contributed by atoms with van der Waals surface area (Å²) in [5.74, 6) is 1.74. The summed E-state index contributed by atoms with van der Waals surface area (Å²) in [6.45, 7) is 8.99. The van der Waals surface area contributed by atoms with Gasteiger partial charge in [0.1, 0.15) is 5.82 Å².